The predicted molar refractivity (Wildman–Crippen MR) is 80.1 cm³/mol. The summed E-state index contributed by atoms with van der Waals surface area (Å²) in [6.45, 7) is -0.857. The van der Waals surface area contributed by atoms with Crippen LogP contribution in [0.5, 0.6) is 0 Å². The Morgan fingerprint density at radius 3 is 2.29 bits per heavy atom. The lowest BCUT2D eigenvalue weighted by Gasteiger charge is -2.39. The third-order valence-electron chi connectivity index (χ3n) is 6.42. The molecular weight excluding hydrogens is 323 g/mol. The molecule has 1 heterocycles. The van der Waals surface area contributed by atoms with Crippen molar-refractivity contribution < 1.29 is 27.9 Å². The molecule has 24 heavy (non-hydrogen) atoms. The molecule has 3 fully saturated rings. The number of nitrogens with zero attached hydrogens (tertiary/aromatic N) is 1. The third-order valence-corrected chi connectivity index (χ3v) is 6.42. The van der Waals surface area contributed by atoms with Gasteiger partial charge in [-0.15, -0.1) is 0 Å². The van der Waals surface area contributed by atoms with E-state index in [4.69, 9.17) is 5.11 Å². The number of halogens is 3. The number of amides is 1. The zero-order valence-electron chi connectivity index (χ0n) is 13.6. The van der Waals surface area contributed by atoms with Gasteiger partial charge in [-0.25, -0.2) is 0 Å². The van der Waals surface area contributed by atoms with Crippen LogP contribution in [0.4, 0.5) is 13.2 Å². The highest BCUT2D eigenvalue weighted by Crippen LogP contribution is 2.47. The molecule has 1 saturated heterocycles. The first-order valence-corrected chi connectivity index (χ1v) is 8.83. The number of carboxylic acid groups (broad SMARTS) is 1. The van der Waals surface area contributed by atoms with Gasteiger partial charge >= 0.3 is 12.1 Å². The van der Waals surface area contributed by atoms with Crippen molar-refractivity contribution in [3.8, 4) is 0 Å². The molecule has 4 unspecified atom stereocenters. The Labute approximate surface area is 139 Å². The Morgan fingerprint density at radius 2 is 1.71 bits per heavy atom. The smallest absolute Gasteiger partial charge is 0.406 e. The van der Waals surface area contributed by atoms with Crippen LogP contribution in [-0.2, 0) is 9.59 Å². The van der Waals surface area contributed by atoms with E-state index >= 15 is 0 Å². The molecule has 7 heteroatoms. The molecule has 1 aliphatic heterocycles. The molecule has 0 spiro atoms. The van der Waals surface area contributed by atoms with Gasteiger partial charge in [-0.3, -0.25) is 9.59 Å². The minimum atomic E-state index is -4.84. The van der Waals surface area contributed by atoms with Crippen LogP contribution in [0.15, 0.2) is 0 Å². The van der Waals surface area contributed by atoms with Crippen molar-refractivity contribution in [1.29, 1.82) is 0 Å². The molecule has 0 aromatic rings. The molecule has 1 amide bonds. The van der Waals surface area contributed by atoms with E-state index in [0.717, 1.165) is 30.6 Å². The minimum absolute atomic E-state index is 0.116. The molecule has 2 aliphatic carbocycles. The van der Waals surface area contributed by atoms with E-state index < -0.39 is 30.5 Å². The van der Waals surface area contributed by atoms with Crippen LogP contribution < -0.4 is 0 Å². The Kier molecular flexibility index (Phi) is 4.55. The van der Waals surface area contributed by atoms with Gasteiger partial charge in [0.25, 0.3) is 0 Å². The highest BCUT2D eigenvalue weighted by molar-refractivity contribution is 5.82. The van der Waals surface area contributed by atoms with Crippen molar-refractivity contribution in [2.45, 2.75) is 57.5 Å². The average molecular weight is 347 g/mol. The monoisotopic (exact) mass is 347 g/mol. The first kappa shape index (κ1) is 17.5. The molecule has 0 aromatic heterocycles. The van der Waals surface area contributed by atoms with Gasteiger partial charge in [0, 0.05) is 19.0 Å². The lowest BCUT2D eigenvalue weighted by atomic mass is 9.67. The highest BCUT2D eigenvalue weighted by Gasteiger charge is 2.64. The van der Waals surface area contributed by atoms with Gasteiger partial charge in [0.2, 0.25) is 5.91 Å². The molecule has 4 nitrogen and oxygen atoms in total. The van der Waals surface area contributed by atoms with Gasteiger partial charge < -0.3 is 10.0 Å². The van der Waals surface area contributed by atoms with Crippen LogP contribution in [0, 0.1) is 23.2 Å². The fourth-order valence-electron chi connectivity index (χ4n) is 4.88. The van der Waals surface area contributed by atoms with Crippen molar-refractivity contribution in [3.05, 3.63) is 0 Å². The number of fused-ring (bicyclic) bond motifs is 1. The van der Waals surface area contributed by atoms with Crippen LogP contribution in [0.2, 0.25) is 0 Å². The molecule has 136 valence electrons. The number of carbonyl (C=O) groups excluding carboxylic acids is 1. The maximum absolute atomic E-state index is 13.2. The van der Waals surface area contributed by atoms with E-state index in [-0.39, 0.29) is 18.4 Å². The Balaban J connectivity index is 1.67. The molecule has 0 aromatic carbocycles. The van der Waals surface area contributed by atoms with Gasteiger partial charge in [0.15, 0.2) is 5.41 Å². The maximum atomic E-state index is 13.2. The summed E-state index contributed by atoms with van der Waals surface area (Å²) >= 11 is 0. The Morgan fingerprint density at radius 1 is 1.04 bits per heavy atom. The molecular formula is C17H24F3NO3. The maximum Gasteiger partial charge on any atom is 0.406 e. The van der Waals surface area contributed by atoms with E-state index in [1.165, 1.54) is 19.3 Å². The Bertz CT molecular complexity index is 522. The summed E-state index contributed by atoms with van der Waals surface area (Å²) in [5.74, 6) is -1.21. The van der Waals surface area contributed by atoms with Crippen molar-refractivity contribution in [2.24, 2.45) is 23.2 Å². The standard InChI is InChI=1S/C17H24F3NO3/c18-17(19,20)16(15(23)24)7-8-21(10-16)14(22)13-6-5-11-3-1-2-4-12(11)9-13/h11-13H,1-10H2,(H,23,24). The average Bonchev–Trinajstić information content (AvgIpc) is 3.00. The summed E-state index contributed by atoms with van der Waals surface area (Å²) in [7, 11) is 0. The lowest BCUT2D eigenvalue weighted by Crippen LogP contribution is -2.48. The summed E-state index contributed by atoms with van der Waals surface area (Å²) in [5.41, 5.74) is -2.80. The second-order valence-electron chi connectivity index (χ2n) is 7.71. The highest BCUT2D eigenvalue weighted by atomic mass is 19.4. The normalized spacial score (nSPS) is 37.1. The van der Waals surface area contributed by atoms with E-state index in [1.807, 2.05) is 0 Å². The van der Waals surface area contributed by atoms with Crippen LogP contribution in [0.3, 0.4) is 0 Å². The summed E-state index contributed by atoms with van der Waals surface area (Å²) < 4.78 is 39.7. The van der Waals surface area contributed by atoms with Gasteiger partial charge in [-0.2, -0.15) is 13.2 Å². The number of rotatable bonds is 2. The first-order valence-electron chi connectivity index (χ1n) is 8.83. The molecule has 0 radical (unpaired) electrons. The predicted octanol–water partition coefficient (Wildman–Crippen LogP) is 3.46. The van der Waals surface area contributed by atoms with Gasteiger partial charge in [0.05, 0.1) is 0 Å². The molecule has 3 rings (SSSR count). The lowest BCUT2D eigenvalue weighted by molar-refractivity contribution is -0.227. The largest absolute Gasteiger partial charge is 0.481 e. The number of carbonyl (C=O) groups is 2. The van der Waals surface area contributed by atoms with Crippen LogP contribution in [-0.4, -0.2) is 41.1 Å². The minimum Gasteiger partial charge on any atom is -0.481 e. The van der Waals surface area contributed by atoms with E-state index in [1.54, 1.807) is 0 Å². The molecule has 0 bridgehead atoms. The third kappa shape index (κ3) is 2.90. The number of hydrogen-bond donors (Lipinski definition) is 1. The molecule has 2 saturated carbocycles. The first-order chi connectivity index (χ1) is 11.2. The van der Waals surface area contributed by atoms with E-state index in [9.17, 15) is 22.8 Å². The SMILES string of the molecule is O=C(C1CCC2CCCCC2C1)N1CCC(C(=O)O)(C(F)(F)F)C1. The zero-order chi connectivity index (χ0) is 17.5. The number of likely N-dealkylation sites (tertiary alicyclic amines) is 1. The molecule has 3 aliphatic rings. The summed E-state index contributed by atoms with van der Waals surface area (Å²) in [6, 6.07) is 0. The molecule has 1 N–H and O–H groups in total. The van der Waals surface area contributed by atoms with Crippen LogP contribution in [0.25, 0.3) is 0 Å². The molecule has 4 atom stereocenters. The van der Waals surface area contributed by atoms with Crippen molar-refractivity contribution >= 4 is 11.9 Å². The van der Waals surface area contributed by atoms with Gasteiger partial charge in [0.1, 0.15) is 0 Å². The summed E-state index contributed by atoms with van der Waals surface area (Å²) in [4.78, 5) is 25.1. The number of hydrogen-bond acceptors (Lipinski definition) is 2. The Hall–Kier alpha value is -1.27. The van der Waals surface area contributed by atoms with Crippen molar-refractivity contribution in [2.75, 3.05) is 13.1 Å². The van der Waals surface area contributed by atoms with Crippen molar-refractivity contribution in [3.63, 3.8) is 0 Å². The van der Waals surface area contributed by atoms with Gasteiger partial charge in [-0.05, 0) is 37.5 Å². The topological polar surface area (TPSA) is 57.6 Å². The van der Waals surface area contributed by atoms with E-state index in [2.05, 4.69) is 0 Å². The second kappa shape index (κ2) is 6.23. The quantitative estimate of drug-likeness (QED) is 0.832. The fourth-order valence-corrected chi connectivity index (χ4v) is 4.88. The summed E-state index contributed by atoms with van der Waals surface area (Å²) in [5, 5.41) is 9.11. The van der Waals surface area contributed by atoms with Crippen LogP contribution in [0.1, 0.15) is 51.4 Å². The fraction of sp³-hybridized carbons (Fsp3) is 0.882. The van der Waals surface area contributed by atoms with Gasteiger partial charge in [-0.1, -0.05) is 25.7 Å². The number of alkyl halides is 3. The zero-order valence-corrected chi connectivity index (χ0v) is 13.6. The number of carboxylic acids is 1. The van der Waals surface area contributed by atoms with E-state index in [0.29, 0.717) is 11.8 Å². The summed E-state index contributed by atoms with van der Waals surface area (Å²) in [6.07, 6.45) is 1.78. The number of aliphatic carboxylic acids is 1. The second-order valence-corrected chi connectivity index (χ2v) is 7.71. The van der Waals surface area contributed by atoms with Crippen LogP contribution >= 0.6 is 0 Å². The van der Waals surface area contributed by atoms with Crippen molar-refractivity contribution in [1.82, 2.24) is 4.90 Å².